The van der Waals surface area contributed by atoms with E-state index in [0.29, 0.717) is 12.2 Å². The Bertz CT molecular complexity index is 507. The molecule has 2 heterocycles. The third-order valence-electron chi connectivity index (χ3n) is 4.73. The zero-order valence-electron chi connectivity index (χ0n) is 12.2. The van der Waals surface area contributed by atoms with Gasteiger partial charge in [-0.3, -0.25) is 4.79 Å². The number of aromatic nitrogens is 1. The van der Waals surface area contributed by atoms with Crippen molar-refractivity contribution in [1.29, 1.82) is 0 Å². The molecule has 3 heteroatoms. The van der Waals surface area contributed by atoms with E-state index in [-0.39, 0.29) is 11.0 Å². The van der Waals surface area contributed by atoms with Gasteiger partial charge in [-0.1, -0.05) is 13.8 Å². The molecule has 1 aliphatic heterocycles. The van der Waals surface area contributed by atoms with Gasteiger partial charge in [0.2, 0.25) is 0 Å². The minimum Gasteiger partial charge on any atom is -0.381 e. The van der Waals surface area contributed by atoms with Crippen LogP contribution in [-0.2, 0) is 16.7 Å². The van der Waals surface area contributed by atoms with Crippen LogP contribution in [0.25, 0.3) is 0 Å². The molecule has 0 N–H and O–H groups in total. The van der Waals surface area contributed by atoms with Crippen molar-refractivity contribution in [2.45, 2.75) is 52.0 Å². The number of nitrogens with zero attached hydrogens (tertiary/aromatic N) is 1. The van der Waals surface area contributed by atoms with Crippen LogP contribution >= 0.6 is 0 Å². The van der Waals surface area contributed by atoms with Gasteiger partial charge in [0.1, 0.15) is 0 Å². The summed E-state index contributed by atoms with van der Waals surface area (Å²) in [5, 5.41) is 0. The molecule has 0 amide bonds. The Labute approximate surface area is 114 Å². The fourth-order valence-corrected chi connectivity index (χ4v) is 3.50. The highest BCUT2D eigenvalue weighted by molar-refractivity contribution is 5.98. The van der Waals surface area contributed by atoms with Crippen LogP contribution in [0.2, 0.25) is 0 Å². The summed E-state index contributed by atoms with van der Waals surface area (Å²) in [6, 6.07) is 2.02. The van der Waals surface area contributed by atoms with Crippen molar-refractivity contribution in [3.63, 3.8) is 0 Å². The van der Waals surface area contributed by atoms with Gasteiger partial charge in [-0.25, -0.2) is 0 Å². The Morgan fingerprint density at radius 1 is 1.16 bits per heavy atom. The average molecular weight is 261 g/mol. The first-order valence-corrected chi connectivity index (χ1v) is 7.23. The van der Waals surface area contributed by atoms with Gasteiger partial charge >= 0.3 is 0 Å². The molecule has 3 nitrogen and oxygen atoms in total. The third kappa shape index (κ3) is 2.14. The number of carbonyl (C=O) groups excluding carboxylic acids is 1. The lowest BCUT2D eigenvalue weighted by Gasteiger charge is -2.39. The average Bonchev–Trinajstić information content (AvgIpc) is 2.72. The Kier molecular flexibility index (Phi) is 2.86. The summed E-state index contributed by atoms with van der Waals surface area (Å²) in [5.74, 6) is 0.306. The van der Waals surface area contributed by atoms with Gasteiger partial charge < -0.3 is 9.30 Å². The monoisotopic (exact) mass is 261 g/mol. The number of fused-ring (bicyclic) bond motifs is 1. The molecule has 1 aliphatic carbocycles. The van der Waals surface area contributed by atoms with Gasteiger partial charge in [0.25, 0.3) is 0 Å². The molecule has 1 saturated heterocycles. The number of hydrogen-bond donors (Lipinski definition) is 0. The topological polar surface area (TPSA) is 31.2 Å². The van der Waals surface area contributed by atoms with Crippen LogP contribution in [0.3, 0.4) is 0 Å². The SMILES string of the molecule is CC1(C)CC(=O)c2ccn(C3(C)CCOCC3)c2C1. The lowest BCUT2D eigenvalue weighted by Crippen LogP contribution is -2.39. The molecule has 0 atom stereocenters. The summed E-state index contributed by atoms with van der Waals surface area (Å²) in [6.07, 6.45) is 5.85. The highest BCUT2D eigenvalue weighted by atomic mass is 16.5. The van der Waals surface area contributed by atoms with E-state index in [9.17, 15) is 4.79 Å². The molecule has 1 fully saturated rings. The van der Waals surface area contributed by atoms with Crippen LogP contribution in [0.5, 0.6) is 0 Å². The Balaban J connectivity index is 2.03. The number of Topliss-reactive ketones (excluding diaryl/α,β-unsaturated/α-hetero) is 1. The fourth-order valence-electron chi connectivity index (χ4n) is 3.50. The quantitative estimate of drug-likeness (QED) is 0.777. The fraction of sp³-hybridized carbons (Fsp3) is 0.688. The van der Waals surface area contributed by atoms with E-state index in [1.807, 2.05) is 6.07 Å². The molecule has 0 unspecified atom stereocenters. The van der Waals surface area contributed by atoms with Crippen molar-refractivity contribution in [2.75, 3.05) is 13.2 Å². The molecular formula is C16H23NO2. The zero-order chi connectivity index (χ0) is 13.7. The summed E-state index contributed by atoms with van der Waals surface area (Å²) in [6.45, 7) is 8.32. The maximum Gasteiger partial charge on any atom is 0.165 e. The molecule has 0 aromatic carbocycles. The Hall–Kier alpha value is -1.09. The maximum atomic E-state index is 12.3. The van der Waals surface area contributed by atoms with Crippen LogP contribution < -0.4 is 0 Å². The van der Waals surface area contributed by atoms with Gasteiger partial charge in [0.15, 0.2) is 5.78 Å². The molecule has 104 valence electrons. The van der Waals surface area contributed by atoms with E-state index >= 15 is 0 Å². The molecule has 2 aliphatic rings. The lowest BCUT2D eigenvalue weighted by atomic mass is 9.76. The first-order chi connectivity index (χ1) is 8.91. The first-order valence-electron chi connectivity index (χ1n) is 7.23. The molecule has 3 rings (SSSR count). The van der Waals surface area contributed by atoms with Gasteiger partial charge in [-0.05, 0) is 37.7 Å². The van der Waals surface area contributed by atoms with E-state index in [4.69, 9.17) is 4.74 Å². The van der Waals surface area contributed by atoms with Crippen molar-refractivity contribution in [2.24, 2.45) is 5.41 Å². The summed E-state index contributed by atoms with van der Waals surface area (Å²) >= 11 is 0. The van der Waals surface area contributed by atoms with Gasteiger partial charge in [-0.2, -0.15) is 0 Å². The van der Waals surface area contributed by atoms with Crippen LogP contribution in [-0.4, -0.2) is 23.6 Å². The molecule has 19 heavy (non-hydrogen) atoms. The van der Waals surface area contributed by atoms with Crippen molar-refractivity contribution in [3.05, 3.63) is 23.5 Å². The molecule has 0 radical (unpaired) electrons. The van der Waals surface area contributed by atoms with Gasteiger partial charge in [-0.15, -0.1) is 0 Å². The Morgan fingerprint density at radius 2 is 1.84 bits per heavy atom. The van der Waals surface area contributed by atoms with Crippen molar-refractivity contribution >= 4 is 5.78 Å². The molecule has 0 spiro atoms. The van der Waals surface area contributed by atoms with E-state index < -0.39 is 0 Å². The van der Waals surface area contributed by atoms with Crippen LogP contribution in [0, 0.1) is 5.41 Å². The highest BCUT2D eigenvalue weighted by Gasteiger charge is 2.37. The van der Waals surface area contributed by atoms with E-state index in [0.717, 1.165) is 38.0 Å². The summed E-state index contributed by atoms with van der Waals surface area (Å²) in [4.78, 5) is 12.3. The van der Waals surface area contributed by atoms with E-state index in [2.05, 4.69) is 31.5 Å². The molecule has 0 saturated carbocycles. The highest BCUT2D eigenvalue weighted by Crippen LogP contribution is 2.39. The van der Waals surface area contributed by atoms with Crippen LogP contribution in [0.15, 0.2) is 12.3 Å². The van der Waals surface area contributed by atoms with Crippen molar-refractivity contribution in [1.82, 2.24) is 4.57 Å². The van der Waals surface area contributed by atoms with E-state index in [1.165, 1.54) is 5.69 Å². The Morgan fingerprint density at radius 3 is 2.53 bits per heavy atom. The zero-order valence-corrected chi connectivity index (χ0v) is 12.2. The second kappa shape index (κ2) is 4.20. The maximum absolute atomic E-state index is 12.3. The number of rotatable bonds is 1. The number of ketones is 1. The van der Waals surface area contributed by atoms with Crippen LogP contribution in [0.1, 0.15) is 56.1 Å². The predicted octanol–water partition coefficient (Wildman–Crippen LogP) is 3.17. The smallest absolute Gasteiger partial charge is 0.165 e. The minimum atomic E-state index is 0.0850. The summed E-state index contributed by atoms with van der Waals surface area (Å²) < 4.78 is 7.85. The molecule has 1 aromatic heterocycles. The largest absolute Gasteiger partial charge is 0.381 e. The van der Waals surface area contributed by atoms with Crippen molar-refractivity contribution in [3.8, 4) is 0 Å². The minimum absolute atomic E-state index is 0.0850. The normalized spacial score (nSPS) is 25.1. The molecule has 1 aromatic rings. The third-order valence-corrected chi connectivity index (χ3v) is 4.73. The van der Waals surface area contributed by atoms with Gasteiger partial charge in [0, 0.05) is 42.6 Å². The number of hydrogen-bond acceptors (Lipinski definition) is 2. The van der Waals surface area contributed by atoms with Gasteiger partial charge in [0.05, 0.1) is 0 Å². The standard InChI is InChI=1S/C16H23NO2/c1-15(2)10-13-12(14(18)11-15)4-7-17(13)16(3)5-8-19-9-6-16/h4,7H,5-6,8-11H2,1-3H3. The second-order valence-corrected chi connectivity index (χ2v) is 7.10. The van der Waals surface area contributed by atoms with Crippen LogP contribution in [0.4, 0.5) is 0 Å². The summed E-state index contributed by atoms with van der Waals surface area (Å²) in [7, 11) is 0. The number of carbonyl (C=O) groups is 1. The second-order valence-electron chi connectivity index (χ2n) is 7.10. The summed E-state index contributed by atoms with van der Waals surface area (Å²) in [5.41, 5.74) is 2.39. The molecule has 0 bridgehead atoms. The lowest BCUT2D eigenvalue weighted by molar-refractivity contribution is 0.0278. The number of ether oxygens (including phenoxy) is 1. The first kappa shape index (κ1) is 12.9. The van der Waals surface area contributed by atoms with E-state index in [1.54, 1.807) is 0 Å². The predicted molar refractivity (Wildman–Crippen MR) is 74.6 cm³/mol. The van der Waals surface area contributed by atoms with Crippen molar-refractivity contribution < 1.29 is 9.53 Å². The molecular weight excluding hydrogens is 238 g/mol.